The number of likely N-dealkylation sites (tertiary alicyclic amines) is 2. The van der Waals surface area contributed by atoms with Crippen molar-refractivity contribution in [1.29, 1.82) is 0 Å². The molecule has 3 unspecified atom stereocenters. The number of aryl methyl sites for hydroxylation is 1. The number of aliphatic hydroxyl groups is 2. The number of rotatable bonds is 8. The molecule has 0 aliphatic carbocycles. The molecule has 3 saturated heterocycles. The molecule has 5 heterocycles. The van der Waals surface area contributed by atoms with Gasteiger partial charge in [-0.3, -0.25) is 9.36 Å². The highest BCUT2D eigenvalue weighted by Crippen LogP contribution is 2.32. The number of nitrogens with two attached hydrogens (primary N) is 1. The maximum atomic E-state index is 12.5. The van der Waals surface area contributed by atoms with E-state index in [-0.39, 0.29) is 11.9 Å². The van der Waals surface area contributed by atoms with Crippen molar-refractivity contribution in [2.24, 2.45) is 11.8 Å². The molecule has 0 saturated carbocycles. The van der Waals surface area contributed by atoms with E-state index in [1.165, 1.54) is 10.9 Å². The summed E-state index contributed by atoms with van der Waals surface area (Å²) in [6.07, 6.45) is 0.371. The first-order valence-corrected chi connectivity index (χ1v) is 14.1. The van der Waals surface area contributed by atoms with E-state index in [1.54, 1.807) is 11.8 Å². The number of carbonyl (C=O) groups is 2. The van der Waals surface area contributed by atoms with Crippen LogP contribution in [0.25, 0.3) is 11.2 Å². The van der Waals surface area contributed by atoms with Crippen molar-refractivity contribution in [3.63, 3.8) is 0 Å². The van der Waals surface area contributed by atoms with Gasteiger partial charge in [-0.05, 0) is 52.1 Å². The quantitative estimate of drug-likeness (QED) is 0.338. The van der Waals surface area contributed by atoms with E-state index in [1.807, 2.05) is 0 Å². The number of nitrogens with zero attached hydrogens (tertiary/aromatic N) is 6. The third kappa shape index (κ3) is 5.99. The van der Waals surface area contributed by atoms with Gasteiger partial charge in [0.1, 0.15) is 23.5 Å². The summed E-state index contributed by atoms with van der Waals surface area (Å²) in [7, 11) is 2.09. The van der Waals surface area contributed by atoms with Crippen molar-refractivity contribution < 1.29 is 29.3 Å². The zero-order chi connectivity index (χ0) is 28.4. The van der Waals surface area contributed by atoms with Gasteiger partial charge in [-0.15, -0.1) is 0 Å². The summed E-state index contributed by atoms with van der Waals surface area (Å²) in [6, 6.07) is 0. The summed E-state index contributed by atoms with van der Waals surface area (Å²) < 4.78 is 12.8. The van der Waals surface area contributed by atoms with Crippen molar-refractivity contribution in [2.45, 2.75) is 63.6 Å². The van der Waals surface area contributed by atoms with E-state index in [0.717, 1.165) is 38.8 Å². The molecule has 5 rings (SSSR count). The lowest BCUT2D eigenvalue weighted by Crippen LogP contribution is -2.42. The first-order chi connectivity index (χ1) is 19.2. The molecule has 220 valence electrons. The molecule has 0 bridgehead atoms. The number of aliphatic hydroxyl groups excluding tert-OH is 2. The Bertz CT molecular complexity index is 1200. The number of hydrogen-bond acceptors (Lipinski definition) is 11. The van der Waals surface area contributed by atoms with E-state index in [2.05, 4.69) is 32.2 Å². The van der Waals surface area contributed by atoms with Gasteiger partial charge in [-0.1, -0.05) is 0 Å². The highest BCUT2D eigenvalue weighted by Gasteiger charge is 2.47. The van der Waals surface area contributed by atoms with Crippen LogP contribution in [0, 0.1) is 11.8 Å². The molecular weight excluding hydrogens is 520 g/mol. The van der Waals surface area contributed by atoms with E-state index in [0.29, 0.717) is 61.5 Å². The number of ether oxygens (including phenoxy) is 2. The Balaban J connectivity index is 1.16. The van der Waals surface area contributed by atoms with Crippen LogP contribution >= 0.6 is 0 Å². The van der Waals surface area contributed by atoms with Crippen molar-refractivity contribution >= 4 is 29.0 Å². The summed E-state index contributed by atoms with van der Waals surface area (Å²) in [5.74, 6) is 1.06. The monoisotopic (exact) mass is 560 g/mol. The van der Waals surface area contributed by atoms with Gasteiger partial charge >= 0.3 is 6.09 Å². The van der Waals surface area contributed by atoms with E-state index < -0.39 is 30.4 Å². The molecule has 2 aromatic rings. The molecule has 14 nitrogen and oxygen atoms in total. The van der Waals surface area contributed by atoms with Crippen LogP contribution in [0.2, 0.25) is 0 Å². The van der Waals surface area contributed by atoms with E-state index >= 15 is 0 Å². The molecule has 14 heteroatoms. The van der Waals surface area contributed by atoms with Crippen molar-refractivity contribution in [3.05, 3.63) is 12.2 Å². The van der Waals surface area contributed by atoms with Gasteiger partial charge in [0, 0.05) is 38.5 Å². The minimum absolute atomic E-state index is 0.207. The maximum Gasteiger partial charge on any atom is 0.409 e. The summed E-state index contributed by atoms with van der Waals surface area (Å²) >= 11 is 0. The van der Waals surface area contributed by atoms with Gasteiger partial charge in [0.25, 0.3) is 5.91 Å². The Kier molecular flexibility index (Phi) is 8.68. The van der Waals surface area contributed by atoms with Gasteiger partial charge in [-0.2, -0.15) is 0 Å². The smallest absolute Gasteiger partial charge is 0.409 e. The number of nitrogens with one attached hydrogen (secondary N) is 1. The molecule has 0 radical (unpaired) electrons. The Hall–Kier alpha value is -3.07. The average molecular weight is 561 g/mol. The highest BCUT2D eigenvalue weighted by molar-refractivity contribution is 5.83. The molecule has 3 aliphatic rings. The summed E-state index contributed by atoms with van der Waals surface area (Å²) in [6.45, 7) is 5.96. The lowest BCUT2D eigenvalue weighted by Gasteiger charge is -2.31. The van der Waals surface area contributed by atoms with Crippen LogP contribution in [0.5, 0.6) is 0 Å². The number of carbonyl (C=O) groups excluding carboxylic acids is 2. The summed E-state index contributed by atoms with van der Waals surface area (Å²) in [5.41, 5.74) is 6.90. The molecule has 3 fully saturated rings. The minimum atomic E-state index is -1.40. The predicted molar refractivity (Wildman–Crippen MR) is 144 cm³/mol. The summed E-state index contributed by atoms with van der Waals surface area (Å²) in [4.78, 5) is 42.2. The molecule has 5 N–H and O–H groups in total. The second-order valence-electron chi connectivity index (χ2n) is 11.1. The lowest BCUT2D eigenvalue weighted by atomic mass is 9.92. The number of fused-ring (bicyclic) bond motifs is 1. The molecular formula is C26H40N8O6. The van der Waals surface area contributed by atoms with Gasteiger partial charge in [0.05, 0.1) is 12.9 Å². The molecule has 3 aliphatic heterocycles. The topological polar surface area (TPSA) is 181 Å². The number of amides is 2. The second-order valence-corrected chi connectivity index (χ2v) is 11.1. The number of hydrogen-bond donors (Lipinski definition) is 4. The van der Waals surface area contributed by atoms with Crippen LogP contribution in [-0.2, 0) is 20.7 Å². The third-order valence-corrected chi connectivity index (χ3v) is 8.20. The van der Waals surface area contributed by atoms with Gasteiger partial charge in [0.2, 0.25) is 0 Å². The fourth-order valence-electron chi connectivity index (χ4n) is 5.84. The van der Waals surface area contributed by atoms with Gasteiger partial charge in [-0.25, -0.2) is 19.7 Å². The zero-order valence-corrected chi connectivity index (χ0v) is 23.1. The SMILES string of the molecule is CCNC(=O)[C@H]1O[C@@H](n2cnc3c(N)nc(CCC4CCN(C(=O)OCC5CCN(C)C5)CC4)nc32)C(O)C1O. The Morgan fingerprint density at radius 2 is 1.90 bits per heavy atom. The van der Waals surface area contributed by atoms with E-state index in [4.69, 9.17) is 15.2 Å². The largest absolute Gasteiger partial charge is 0.449 e. The fourth-order valence-corrected chi connectivity index (χ4v) is 5.84. The normalized spacial score (nSPS) is 27.9. The van der Waals surface area contributed by atoms with Crippen LogP contribution in [-0.4, -0.2) is 116 Å². The zero-order valence-electron chi connectivity index (χ0n) is 23.1. The number of aromatic nitrogens is 4. The predicted octanol–water partition coefficient (Wildman–Crippen LogP) is -0.103. The van der Waals surface area contributed by atoms with Crippen molar-refractivity contribution in [3.8, 4) is 0 Å². The lowest BCUT2D eigenvalue weighted by molar-refractivity contribution is -0.137. The van der Waals surface area contributed by atoms with Crippen LogP contribution in [0.1, 0.15) is 44.7 Å². The maximum absolute atomic E-state index is 12.5. The Morgan fingerprint density at radius 1 is 1.15 bits per heavy atom. The Morgan fingerprint density at radius 3 is 2.60 bits per heavy atom. The number of piperidine rings is 1. The van der Waals surface area contributed by atoms with Crippen LogP contribution < -0.4 is 11.1 Å². The molecule has 5 atom stereocenters. The van der Waals surface area contributed by atoms with Crippen LogP contribution in [0.3, 0.4) is 0 Å². The van der Waals surface area contributed by atoms with Crippen LogP contribution in [0.4, 0.5) is 10.6 Å². The number of anilines is 1. The molecule has 0 spiro atoms. The average Bonchev–Trinajstić information content (AvgIpc) is 3.64. The number of imidazole rings is 1. The molecule has 2 amide bonds. The first kappa shape index (κ1) is 28.5. The first-order valence-electron chi connectivity index (χ1n) is 14.1. The highest BCUT2D eigenvalue weighted by atomic mass is 16.6. The van der Waals surface area contributed by atoms with Crippen molar-refractivity contribution in [2.75, 3.05) is 52.1 Å². The second kappa shape index (κ2) is 12.2. The standard InChI is InChI=1S/C26H40N8O6/c1-3-28-24(37)21-19(35)20(36)25(40-21)34-14-29-18-22(27)30-17(31-23(18)34)5-4-15-7-10-33(11-8-15)26(38)39-13-16-6-9-32(2)12-16/h14-16,19-21,25,35-36H,3-13H2,1-2H3,(H,28,37)(H2,27,30,31)/t16?,19?,20?,21-,25+/m0/s1. The van der Waals surface area contributed by atoms with Crippen LogP contribution in [0.15, 0.2) is 6.33 Å². The van der Waals surface area contributed by atoms with Gasteiger partial charge < -0.3 is 40.5 Å². The third-order valence-electron chi connectivity index (χ3n) is 8.20. The fraction of sp³-hybridized carbons (Fsp3) is 0.731. The summed E-state index contributed by atoms with van der Waals surface area (Å²) in [5, 5.41) is 23.6. The molecule has 40 heavy (non-hydrogen) atoms. The number of nitrogen functional groups attached to an aromatic ring is 1. The molecule has 0 aromatic carbocycles. The van der Waals surface area contributed by atoms with E-state index in [9.17, 15) is 19.8 Å². The van der Waals surface area contributed by atoms with Crippen molar-refractivity contribution in [1.82, 2.24) is 34.6 Å². The minimum Gasteiger partial charge on any atom is -0.449 e. The Labute approximate surface area is 232 Å². The van der Waals surface area contributed by atoms with Gasteiger partial charge in [0.15, 0.2) is 23.8 Å². The molecule has 2 aromatic heterocycles. The number of likely N-dealkylation sites (N-methyl/N-ethyl adjacent to an activating group) is 1.